The topological polar surface area (TPSA) is 78.4 Å². The number of nitrogens with one attached hydrogen (secondary N) is 2. The zero-order chi connectivity index (χ0) is 12.8. The van der Waals surface area contributed by atoms with E-state index >= 15 is 0 Å². The molecule has 1 aliphatic rings. The Morgan fingerprint density at radius 3 is 2.94 bits per heavy atom. The van der Waals surface area contributed by atoms with E-state index in [0.29, 0.717) is 13.0 Å². The lowest BCUT2D eigenvalue weighted by molar-refractivity contribution is -0.132. The van der Waals surface area contributed by atoms with Crippen LogP contribution in [-0.2, 0) is 9.59 Å². The summed E-state index contributed by atoms with van der Waals surface area (Å²) in [6.45, 7) is 4.78. The van der Waals surface area contributed by atoms with Crippen molar-refractivity contribution >= 4 is 11.8 Å². The normalized spacial score (nSPS) is 23.7. The first-order chi connectivity index (χ1) is 8.04. The number of hydrogen-bond donors (Lipinski definition) is 3. The van der Waals surface area contributed by atoms with Gasteiger partial charge in [-0.1, -0.05) is 20.3 Å². The molecule has 0 aromatic carbocycles. The molecular formula is C12H22N2O3. The molecule has 1 saturated heterocycles. The van der Waals surface area contributed by atoms with E-state index in [9.17, 15) is 14.7 Å². The molecule has 0 saturated carbocycles. The van der Waals surface area contributed by atoms with Gasteiger partial charge in [0.1, 0.15) is 0 Å². The third-order valence-corrected chi connectivity index (χ3v) is 3.40. The maximum Gasteiger partial charge on any atom is 0.223 e. The number of piperidine rings is 1. The number of aliphatic hydroxyl groups excluding tert-OH is 1. The molecule has 3 N–H and O–H groups in total. The summed E-state index contributed by atoms with van der Waals surface area (Å²) < 4.78 is 0. The van der Waals surface area contributed by atoms with Gasteiger partial charge in [0, 0.05) is 25.4 Å². The van der Waals surface area contributed by atoms with Crippen LogP contribution in [0, 0.1) is 11.8 Å². The number of hydrogen-bond acceptors (Lipinski definition) is 3. The Bertz CT molecular complexity index is 281. The van der Waals surface area contributed by atoms with Gasteiger partial charge in [-0.3, -0.25) is 9.59 Å². The van der Waals surface area contributed by atoms with Gasteiger partial charge in [0.15, 0.2) is 0 Å². The van der Waals surface area contributed by atoms with E-state index in [1.165, 1.54) is 0 Å². The highest BCUT2D eigenvalue weighted by Gasteiger charge is 2.25. The van der Waals surface area contributed by atoms with Gasteiger partial charge in [-0.05, 0) is 12.3 Å². The van der Waals surface area contributed by atoms with Crippen molar-refractivity contribution in [3.05, 3.63) is 0 Å². The second kappa shape index (κ2) is 6.59. The highest BCUT2D eigenvalue weighted by molar-refractivity contribution is 5.86. The zero-order valence-electron chi connectivity index (χ0n) is 10.5. The highest BCUT2D eigenvalue weighted by atomic mass is 16.3. The molecule has 1 fully saturated rings. The fourth-order valence-corrected chi connectivity index (χ4v) is 1.83. The quantitative estimate of drug-likeness (QED) is 0.636. The van der Waals surface area contributed by atoms with Crippen LogP contribution in [-0.4, -0.2) is 36.1 Å². The molecule has 0 aromatic rings. The maximum atomic E-state index is 11.8. The lowest BCUT2D eigenvalue weighted by Gasteiger charge is -2.23. The number of aliphatic hydroxyl groups is 1. The first kappa shape index (κ1) is 14.0. The molecule has 0 bridgehead atoms. The van der Waals surface area contributed by atoms with Gasteiger partial charge in [-0.15, -0.1) is 0 Å². The van der Waals surface area contributed by atoms with E-state index in [-0.39, 0.29) is 36.6 Å². The van der Waals surface area contributed by atoms with Crippen LogP contribution in [0.3, 0.4) is 0 Å². The molecule has 0 radical (unpaired) electrons. The fourth-order valence-electron chi connectivity index (χ4n) is 1.83. The van der Waals surface area contributed by atoms with Crippen molar-refractivity contribution in [2.24, 2.45) is 11.8 Å². The van der Waals surface area contributed by atoms with Crippen LogP contribution >= 0.6 is 0 Å². The summed E-state index contributed by atoms with van der Waals surface area (Å²) in [4.78, 5) is 22.9. The molecule has 3 unspecified atom stereocenters. The minimum Gasteiger partial charge on any atom is -0.391 e. The molecule has 0 spiro atoms. The molecule has 3 atom stereocenters. The van der Waals surface area contributed by atoms with Gasteiger partial charge in [-0.2, -0.15) is 0 Å². The van der Waals surface area contributed by atoms with Crippen molar-refractivity contribution in [2.75, 3.05) is 13.1 Å². The Hall–Kier alpha value is -1.10. The first-order valence-corrected chi connectivity index (χ1v) is 6.27. The van der Waals surface area contributed by atoms with E-state index in [2.05, 4.69) is 10.6 Å². The standard InChI is InChI=1S/C12H22N2O3/c1-3-8(2)10(15)7-14-12(17)9-4-5-13-11(16)6-9/h8-10,15H,3-7H2,1-2H3,(H,13,16)(H,14,17). The van der Waals surface area contributed by atoms with Crippen LogP contribution in [0.1, 0.15) is 33.1 Å². The predicted octanol–water partition coefficient (Wildman–Crippen LogP) is 0.0358. The highest BCUT2D eigenvalue weighted by Crippen LogP contribution is 2.13. The Morgan fingerprint density at radius 2 is 2.35 bits per heavy atom. The SMILES string of the molecule is CCC(C)C(O)CNC(=O)C1CCNC(=O)C1. The molecule has 0 aromatic heterocycles. The molecule has 2 amide bonds. The van der Waals surface area contributed by atoms with Crippen LogP contribution in [0.25, 0.3) is 0 Å². The van der Waals surface area contributed by atoms with Gasteiger partial charge in [0.2, 0.25) is 11.8 Å². The summed E-state index contributed by atoms with van der Waals surface area (Å²) in [5.41, 5.74) is 0. The average Bonchev–Trinajstić information content (AvgIpc) is 2.34. The summed E-state index contributed by atoms with van der Waals surface area (Å²) in [7, 11) is 0. The summed E-state index contributed by atoms with van der Waals surface area (Å²) in [6.07, 6.45) is 1.30. The minimum absolute atomic E-state index is 0.0705. The maximum absolute atomic E-state index is 11.8. The smallest absolute Gasteiger partial charge is 0.223 e. The molecule has 1 rings (SSSR count). The largest absolute Gasteiger partial charge is 0.391 e. The second-order valence-electron chi connectivity index (χ2n) is 4.74. The zero-order valence-corrected chi connectivity index (χ0v) is 10.5. The Kier molecular flexibility index (Phi) is 5.41. The fraction of sp³-hybridized carbons (Fsp3) is 0.833. The van der Waals surface area contributed by atoms with Crippen molar-refractivity contribution in [2.45, 2.75) is 39.2 Å². The van der Waals surface area contributed by atoms with Gasteiger partial charge < -0.3 is 15.7 Å². The van der Waals surface area contributed by atoms with E-state index in [0.717, 1.165) is 6.42 Å². The van der Waals surface area contributed by atoms with Gasteiger partial charge in [-0.25, -0.2) is 0 Å². The molecular weight excluding hydrogens is 220 g/mol. The lowest BCUT2D eigenvalue weighted by atomic mass is 9.96. The monoisotopic (exact) mass is 242 g/mol. The summed E-state index contributed by atoms with van der Waals surface area (Å²) in [5, 5.41) is 15.1. The summed E-state index contributed by atoms with van der Waals surface area (Å²) in [6, 6.07) is 0. The van der Waals surface area contributed by atoms with Crippen LogP contribution in [0.5, 0.6) is 0 Å². The Labute approximate surface area is 102 Å². The Morgan fingerprint density at radius 1 is 1.65 bits per heavy atom. The predicted molar refractivity (Wildman–Crippen MR) is 64.2 cm³/mol. The van der Waals surface area contributed by atoms with Crippen molar-refractivity contribution in [1.29, 1.82) is 0 Å². The molecule has 5 heteroatoms. The van der Waals surface area contributed by atoms with Crippen LogP contribution in [0.2, 0.25) is 0 Å². The third-order valence-electron chi connectivity index (χ3n) is 3.40. The van der Waals surface area contributed by atoms with Crippen LogP contribution in [0.4, 0.5) is 0 Å². The Balaban J connectivity index is 2.31. The van der Waals surface area contributed by atoms with Crippen molar-refractivity contribution in [3.63, 3.8) is 0 Å². The van der Waals surface area contributed by atoms with E-state index < -0.39 is 6.10 Å². The van der Waals surface area contributed by atoms with E-state index in [1.807, 2.05) is 13.8 Å². The lowest BCUT2D eigenvalue weighted by Crippen LogP contribution is -2.43. The van der Waals surface area contributed by atoms with Crippen molar-refractivity contribution < 1.29 is 14.7 Å². The van der Waals surface area contributed by atoms with Crippen LogP contribution < -0.4 is 10.6 Å². The molecule has 5 nitrogen and oxygen atoms in total. The molecule has 1 heterocycles. The number of rotatable bonds is 5. The van der Waals surface area contributed by atoms with Crippen LogP contribution in [0.15, 0.2) is 0 Å². The second-order valence-corrected chi connectivity index (χ2v) is 4.74. The third kappa shape index (κ3) is 4.34. The number of carbonyl (C=O) groups is 2. The number of amides is 2. The molecule has 98 valence electrons. The van der Waals surface area contributed by atoms with Gasteiger partial charge >= 0.3 is 0 Å². The van der Waals surface area contributed by atoms with Gasteiger partial charge in [0.05, 0.1) is 6.10 Å². The molecule has 0 aliphatic carbocycles. The van der Waals surface area contributed by atoms with E-state index in [1.54, 1.807) is 0 Å². The number of carbonyl (C=O) groups excluding carboxylic acids is 2. The minimum atomic E-state index is -0.513. The van der Waals surface area contributed by atoms with Crippen molar-refractivity contribution in [3.8, 4) is 0 Å². The molecule has 17 heavy (non-hydrogen) atoms. The average molecular weight is 242 g/mol. The van der Waals surface area contributed by atoms with Crippen molar-refractivity contribution in [1.82, 2.24) is 10.6 Å². The first-order valence-electron chi connectivity index (χ1n) is 6.27. The van der Waals surface area contributed by atoms with Gasteiger partial charge in [0.25, 0.3) is 0 Å². The van der Waals surface area contributed by atoms with E-state index in [4.69, 9.17) is 0 Å². The summed E-state index contributed by atoms with van der Waals surface area (Å²) >= 11 is 0. The summed E-state index contributed by atoms with van der Waals surface area (Å²) in [5.74, 6) is -0.265. The molecule has 1 aliphatic heterocycles.